The Labute approximate surface area is 241 Å². The quantitative estimate of drug-likeness (QED) is 0.231. The van der Waals surface area contributed by atoms with Gasteiger partial charge in [-0.15, -0.1) is 5.60 Å². The molecule has 0 radical (unpaired) electrons. The van der Waals surface area contributed by atoms with Gasteiger partial charge in [-0.1, -0.05) is 56.2 Å². The average molecular weight is 547 g/mol. The molecule has 0 aliphatic heterocycles. The number of benzene rings is 1. The van der Waals surface area contributed by atoms with Crippen LogP contribution in [0, 0.1) is 38.5 Å². The summed E-state index contributed by atoms with van der Waals surface area (Å²) in [6, 6.07) is 3.89. The highest BCUT2D eigenvalue weighted by molar-refractivity contribution is 5.95. The molecule has 1 aromatic rings. The van der Waals surface area contributed by atoms with Crippen LogP contribution in [0.3, 0.4) is 0 Å². The Bertz CT molecular complexity index is 1220. The molecule has 218 valence electrons. The fraction of sp³-hybridized carbons (Fsp3) is 0.514. The Morgan fingerprint density at radius 1 is 1.25 bits per heavy atom. The smallest absolute Gasteiger partial charge is 0.304 e. The molecule has 1 fully saturated rings. The molecule has 2 aliphatic carbocycles. The zero-order valence-electron chi connectivity index (χ0n) is 25.1. The molecule has 0 aromatic heterocycles. The summed E-state index contributed by atoms with van der Waals surface area (Å²) < 4.78 is 5.63. The monoisotopic (exact) mass is 546 g/mol. The lowest BCUT2D eigenvalue weighted by molar-refractivity contribution is -0.157. The molecule has 3 rings (SSSR count). The highest BCUT2D eigenvalue weighted by Gasteiger charge is 2.27. The van der Waals surface area contributed by atoms with Crippen molar-refractivity contribution in [3.63, 3.8) is 0 Å². The molecule has 40 heavy (non-hydrogen) atoms. The van der Waals surface area contributed by atoms with E-state index in [0.717, 1.165) is 60.9 Å². The van der Waals surface area contributed by atoms with Crippen molar-refractivity contribution in [3.8, 4) is 0 Å². The molecule has 4 unspecified atom stereocenters. The van der Waals surface area contributed by atoms with Crippen molar-refractivity contribution in [2.24, 2.45) is 11.8 Å². The highest BCUT2D eigenvalue weighted by atomic mass is 16.6. The highest BCUT2D eigenvalue weighted by Crippen LogP contribution is 2.32. The number of nitrogens with one attached hydrogen (secondary N) is 1. The van der Waals surface area contributed by atoms with E-state index in [1.807, 2.05) is 46.2 Å². The van der Waals surface area contributed by atoms with Gasteiger partial charge in [-0.25, -0.2) is 0 Å². The van der Waals surface area contributed by atoms with E-state index in [1.54, 1.807) is 13.3 Å². The number of hydrogen-bond acceptors (Lipinski definition) is 4. The number of ether oxygens (including phenoxy) is 1. The molecule has 5 heteroatoms. The van der Waals surface area contributed by atoms with Crippen LogP contribution in [-0.4, -0.2) is 34.7 Å². The maximum atomic E-state index is 12.9. The van der Waals surface area contributed by atoms with Crippen LogP contribution in [0.15, 0.2) is 35.9 Å². The van der Waals surface area contributed by atoms with Crippen molar-refractivity contribution in [1.82, 2.24) is 5.32 Å². The summed E-state index contributed by atoms with van der Waals surface area (Å²) in [6.07, 6.45) is 21.7. The van der Waals surface area contributed by atoms with E-state index in [9.17, 15) is 14.7 Å². The third-order valence-corrected chi connectivity index (χ3v) is 8.54. The molecule has 5 nitrogen and oxygen atoms in total. The van der Waals surface area contributed by atoms with Gasteiger partial charge in [0.15, 0.2) is 0 Å². The summed E-state index contributed by atoms with van der Waals surface area (Å²) in [6.45, 7) is 13.6. The lowest BCUT2D eigenvalue weighted by Gasteiger charge is -2.41. The largest absolute Gasteiger partial charge is 0.524 e. The van der Waals surface area contributed by atoms with E-state index in [-0.39, 0.29) is 17.8 Å². The number of aliphatic hydroxyl groups is 1. The molecule has 0 spiro atoms. The van der Waals surface area contributed by atoms with Crippen molar-refractivity contribution in [1.29, 1.82) is 0 Å². The summed E-state index contributed by atoms with van der Waals surface area (Å²) >= 11 is 0. The van der Waals surface area contributed by atoms with Gasteiger partial charge >= 0.3 is 5.97 Å². The number of carbonyl (C=O) groups is 2. The first kappa shape index (κ1) is 31.7. The number of carbonyl (C=O) groups excluding carboxylic acids is 2. The number of hydrogen-bond donors (Lipinski definition) is 2. The van der Waals surface area contributed by atoms with Crippen LogP contribution in [0.1, 0.15) is 95.0 Å². The van der Waals surface area contributed by atoms with Crippen molar-refractivity contribution in [2.45, 2.75) is 97.2 Å². The second kappa shape index (κ2) is 14.2. The van der Waals surface area contributed by atoms with E-state index in [4.69, 9.17) is 4.74 Å². The van der Waals surface area contributed by atoms with E-state index < -0.39 is 11.2 Å². The topological polar surface area (TPSA) is 75.6 Å². The predicted octanol–water partition coefficient (Wildman–Crippen LogP) is 5.48. The summed E-state index contributed by atoms with van der Waals surface area (Å²) in [5.41, 5.74) is 1.25. The summed E-state index contributed by atoms with van der Waals surface area (Å²) in [5.74, 6) is 0.299. The molecule has 0 bridgehead atoms. The first-order valence-electron chi connectivity index (χ1n) is 14.8. The second-order valence-corrected chi connectivity index (χ2v) is 11.9. The molecule has 0 saturated heterocycles. The molecule has 4 atom stereocenters. The molecule has 1 saturated carbocycles. The van der Waals surface area contributed by atoms with Crippen LogP contribution in [-0.2, 0) is 9.53 Å². The number of allylic oxidation sites excluding steroid dienone is 4. The maximum Gasteiger partial charge on any atom is 0.304 e. The minimum Gasteiger partial charge on any atom is -0.524 e. The molecule has 2 aliphatic rings. The SMILES string of the molecule is [CH2-]C(C)([CH-]C)OC(=O)C1CCCC(CC=C2/C=C/C=c3\ccc(C(=O)NCCC(C)(O)[CH+]C)c(C)\c3=C\C2)CC1. The van der Waals surface area contributed by atoms with E-state index in [0.29, 0.717) is 24.4 Å². The van der Waals surface area contributed by atoms with Gasteiger partial charge in [0.2, 0.25) is 5.60 Å². The van der Waals surface area contributed by atoms with Crippen molar-refractivity contribution in [2.75, 3.05) is 6.54 Å². The van der Waals surface area contributed by atoms with Crippen LogP contribution < -0.4 is 15.8 Å². The van der Waals surface area contributed by atoms with Crippen LogP contribution in [0.5, 0.6) is 0 Å². The minimum absolute atomic E-state index is 0.0353. The number of rotatable bonds is 10. The molecule has 0 heterocycles. The van der Waals surface area contributed by atoms with Gasteiger partial charge in [0.25, 0.3) is 5.91 Å². The molecule has 2 N–H and O–H groups in total. The number of esters is 1. The van der Waals surface area contributed by atoms with Gasteiger partial charge in [-0.05, 0) is 72.6 Å². The zero-order chi connectivity index (χ0) is 29.3. The molecule has 1 aromatic carbocycles. The van der Waals surface area contributed by atoms with Crippen molar-refractivity contribution >= 4 is 24.0 Å². The standard InChI is InChI=1S/C35H48NO4/c1-7-34(4,5)40-33(38)29-14-10-12-26(17-19-29)15-16-27-11-9-13-28-20-22-31(25(3)30(28)21-18-27)32(37)36-24-23-35(6,39)8-2/h7-9,11,13,16,20-22,26,29,39H,4,10,12,14-15,17-19,23-24H2,1-3,5-6H3,(H,36,37)/q-1/b11-9+,27-16?,28-13+,30-21-. The second-order valence-electron chi connectivity index (χ2n) is 11.9. The molecular weight excluding hydrogens is 498 g/mol. The number of fused-ring (bicyclic) bond motifs is 1. The van der Waals surface area contributed by atoms with Gasteiger partial charge in [-0.3, -0.25) is 9.59 Å². The van der Waals surface area contributed by atoms with Gasteiger partial charge in [0.1, 0.15) is 6.42 Å². The lowest BCUT2D eigenvalue weighted by Crippen LogP contribution is -2.35. The Balaban J connectivity index is 1.64. The van der Waals surface area contributed by atoms with Crippen LogP contribution in [0.4, 0.5) is 0 Å². The maximum absolute atomic E-state index is 12.9. The van der Waals surface area contributed by atoms with Gasteiger partial charge in [0, 0.05) is 25.5 Å². The average Bonchev–Trinajstić information content (AvgIpc) is 3.14. The van der Waals surface area contributed by atoms with Crippen LogP contribution >= 0.6 is 0 Å². The molecule has 1 amide bonds. The fourth-order valence-electron chi connectivity index (χ4n) is 5.34. The van der Waals surface area contributed by atoms with Gasteiger partial charge in [0.05, 0.1) is 12.8 Å². The van der Waals surface area contributed by atoms with Crippen LogP contribution in [0.2, 0.25) is 0 Å². The first-order chi connectivity index (χ1) is 18.9. The predicted molar refractivity (Wildman–Crippen MR) is 163 cm³/mol. The van der Waals surface area contributed by atoms with Gasteiger partial charge in [-0.2, -0.15) is 6.92 Å². The Hall–Kier alpha value is -2.79. The Morgan fingerprint density at radius 3 is 2.75 bits per heavy atom. The Kier molecular flexibility index (Phi) is 11.3. The van der Waals surface area contributed by atoms with E-state index >= 15 is 0 Å². The lowest BCUT2D eigenvalue weighted by atomic mass is 9.93. The normalized spacial score (nSPS) is 25.6. The molecular formula is C35H48NO4-. The van der Waals surface area contributed by atoms with Crippen molar-refractivity contribution < 1.29 is 19.4 Å². The van der Waals surface area contributed by atoms with E-state index in [2.05, 4.69) is 42.6 Å². The Morgan fingerprint density at radius 2 is 2.02 bits per heavy atom. The van der Waals surface area contributed by atoms with Crippen molar-refractivity contribution in [3.05, 3.63) is 77.3 Å². The van der Waals surface area contributed by atoms with Gasteiger partial charge < -0.3 is 28.5 Å². The third kappa shape index (κ3) is 9.12. The van der Waals surface area contributed by atoms with E-state index in [1.165, 1.54) is 5.57 Å². The zero-order valence-corrected chi connectivity index (χ0v) is 25.1. The minimum atomic E-state index is -0.890. The third-order valence-electron chi connectivity index (χ3n) is 8.54. The van der Waals surface area contributed by atoms with Crippen LogP contribution in [0.25, 0.3) is 12.2 Å². The summed E-state index contributed by atoms with van der Waals surface area (Å²) in [4.78, 5) is 25.6. The summed E-state index contributed by atoms with van der Waals surface area (Å²) in [5, 5.41) is 15.3. The summed E-state index contributed by atoms with van der Waals surface area (Å²) in [7, 11) is 0. The fourth-order valence-corrected chi connectivity index (χ4v) is 5.34. The number of amides is 1. The first-order valence-corrected chi connectivity index (χ1v) is 14.8.